The van der Waals surface area contributed by atoms with Gasteiger partial charge in [-0.05, 0) is 49.5 Å². The van der Waals surface area contributed by atoms with Crippen molar-refractivity contribution in [3.8, 4) is 0 Å². The molecule has 1 aliphatic rings. The lowest BCUT2D eigenvalue weighted by atomic mass is 9.88. The Hall–Kier alpha value is -1.49. The summed E-state index contributed by atoms with van der Waals surface area (Å²) < 4.78 is 27.6. The number of carbonyl (C=O) groups excluding carboxylic acids is 1. The second kappa shape index (κ2) is 5.65. The van der Waals surface area contributed by atoms with Gasteiger partial charge in [-0.25, -0.2) is 8.78 Å². The Morgan fingerprint density at radius 3 is 2.47 bits per heavy atom. The van der Waals surface area contributed by atoms with Crippen LogP contribution in [0.3, 0.4) is 0 Å². The average Bonchev–Trinajstić information content (AvgIpc) is 2.41. The molecular formula is C14H18F2N2O. The van der Waals surface area contributed by atoms with Crippen LogP contribution >= 0.6 is 0 Å². The first-order valence-electron chi connectivity index (χ1n) is 6.42. The highest BCUT2D eigenvalue weighted by Gasteiger charge is 2.23. The van der Waals surface area contributed by atoms with Crippen LogP contribution in [0.25, 0.3) is 0 Å². The van der Waals surface area contributed by atoms with Gasteiger partial charge in [0, 0.05) is 19.7 Å². The van der Waals surface area contributed by atoms with Gasteiger partial charge in [-0.2, -0.15) is 0 Å². The molecule has 0 saturated carbocycles. The Morgan fingerprint density at radius 1 is 1.26 bits per heavy atom. The van der Waals surface area contributed by atoms with Crippen molar-refractivity contribution in [3.63, 3.8) is 0 Å². The molecule has 1 heterocycles. The van der Waals surface area contributed by atoms with Crippen molar-refractivity contribution in [1.29, 1.82) is 0 Å². The molecule has 0 unspecified atom stereocenters. The zero-order chi connectivity index (χ0) is 14.0. The maximum absolute atomic E-state index is 13.9. The summed E-state index contributed by atoms with van der Waals surface area (Å²) in [6.45, 7) is 1.58. The van der Waals surface area contributed by atoms with E-state index in [0.717, 1.165) is 32.0 Å². The van der Waals surface area contributed by atoms with Crippen LogP contribution in [-0.4, -0.2) is 38.0 Å². The van der Waals surface area contributed by atoms with Gasteiger partial charge in [-0.15, -0.1) is 0 Å². The summed E-state index contributed by atoms with van der Waals surface area (Å²) in [4.78, 5) is 13.2. The van der Waals surface area contributed by atoms with Crippen molar-refractivity contribution < 1.29 is 13.6 Å². The fourth-order valence-corrected chi connectivity index (χ4v) is 2.42. The Labute approximate surface area is 111 Å². The number of benzene rings is 1. The van der Waals surface area contributed by atoms with E-state index < -0.39 is 11.6 Å². The van der Waals surface area contributed by atoms with Crippen LogP contribution in [0.15, 0.2) is 12.1 Å². The molecule has 1 N–H and O–H groups in total. The van der Waals surface area contributed by atoms with Gasteiger partial charge >= 0.3 is 0 Å². The lowest BCUT2D eigenvalue weighted by Gasteiger charge is -2.24. The molecular weight excluding hydrogens is 250 g/mol. The summed E-state index contributed by atoms with van der Waals surface area (Å²) in [5, 5.41) is 3.18. The predicted octanol–water partition coefficient (Wildman–Crippen LogP) is 2.13. The molecule has 2 rings (SSSR count). The van der Waals surface area contributed by atoms with Gasteiger partial charge in [0.25, 0.3) is 5.91 Å². The third-order valence-electron chi connectivity index (χ3n) is 3.49. The second-order valence-electron chi connectivity index (χ2n) is 5.09. The minimum atomic E-state index is -0.943. The van der Waals surface area contributed by atoms with Gasteiger partial charge < -0.3 is 10.2 Å². The van der Waals surface area contributed by atoms with E-state index in [4.69, 9.17) is 0 Å². The number of halogens is 2. The van der Waals surface area contributed by atoms with Crippen LogP contribution in [0.1, 0.15) is 34.7 Å². The smallest absolute Gasteiger partial charge is 0.253 e. The Kier molecular flexibility index (Phi) is 4.14. The number of rotatable bonds is 2. The first kappa shape index (κ1) is 13.9. The first-order chi connectivity index (χ1) is 9.00. The number of hydrogen-bond donors (Lipinski definition) is 1. The molecule has 5 heteroatoms. The van der Waals surface area contributed by atoms with Crippen LogP contribution in [0.5, 0.6) is 0 Å². The van der Waals surface area contributed by atoms with Gasteiger partial charge in [0.1, 0.15) is 0 Å². The van der Waals surface area contributed by atoms with E-state index in [1.165, 1.54) is 11.0 Å². The molecule has 1 amide bonds. The lowest BCUT2D eigenvalue weighted by Crippen LogP contribution is -2.28. The number of nitrogens with one attached hydrogen (secondary N) is 1. The van der Waals surface area contributed by atoms with E-state index in [9.17, 15) is 13.6 Å². The van der Waals surface area contributed by atoms with Crippen molar-refractivity contribution in [2.24, 2.45) is 0 Å². The van der Waals surface area contributed by atoms with E-state index in [1.54, 1.807) is 14.1 Å². The van der Waals surface area contributed by atoms with E-state index in [-0.39, 0.29) is 17.4 Å². The van der Waals surface area contributed by atoms with Crippen molar-refractivity contribution in [3.05, 3.63) is 34.9 Å². The van der Waals surface area contributed by atoms with E-state index in [1.807, 2.05) is 0 Å². The fourth-order valence-electron chi connectivity index (χ4n) is 2.42. The number of hydrogen-bond acceptors (Lipinski definition) is 2. The molecule has 1 aromatic carbocycles. The fraction of sp³-hybridized carbons (Fsp3) is 0.500. The molecule has 1 fully saturated rings. The normalized spacial score (nSPS) is 16.4. The number of amides is 1. The molecule has 0 spiro atoms. The average molecular weight is 268 g/mol. The SMILES string of the molecule is CN(C)C(=O)c1cc(F)c(F)c(C2CCNCC2)c1. The van der Waals surface area contributed by atoms with Crippen LogP contribution < -0.4 is 5.32 Å². The Bertz CT molecular complexity index is 483. The molecule has 1 aliphatic heterocycles. The van der Waals surface area contributed by atoms with Crippen molar-refractivity contribution in [2.45, 2.75) is 18.8 Å². The topological polar surface area (TPSA) is 32.3 Å². The van der Waals surface area contributed by atoms with Gasteiger partial charge in [0.2, 0.25) is 0 Å². The summed E-state index contributed by atoms with van der Waals surface area (Å²) in [6, 6.07) is 2.47. The number of carbonyl (C=O) groups is 1. The predicted molar refractivity (Wildman–Crippen MR) is 69.2 cm³/mol. The highest BCUT2D eigenvalue weighted by atomic mass is 19.2. The van der Waals surface area contributed by atoms with Gasteiger partial charge in [-0.1, -0.05) is 0 Å². The summed E-state index contributed by atoms with van der Waals surface area (Å²) in [5.41, 5.74) is 0.532. The van der Waals surface area contributed by atoms with Crippen LogP contribution in [0.4, 0.5) is 8.78 Å². The van der Waals surface area contributed by atoms with Crippen molar-refractivity contribution >= 4 is 5.91 Å². The lowest BCUT2D eigenvalue weighted by molar-refractivity contribution is 0.0827. The highest BCUT2D eigenvalue weighted by Crippen LogP contribution is 2.29. The van der Waals surface area contributed by atoms with Gasteiger partial charge in [-0.3, -0.25) is 4.79 Å². The molecule has 19 heavy (non-hydrogen) atoms. The first-order valence-corrected chi connectivity index (χ1v) is 6.42. The molecule has 104 valence electrons. The van der Waals surface area contributed by atoms with Crippen LogP contribution in [0, 0.1) is 11.6 Å². The molecule has 0 atom stereocenters. The zero-order valence-electron chi connectivity index (χ0n) is 11.2. The van der Waals surface area contributed by atoms with Gasteiger partial charge in [0.05, 0.1) is 0 Å². The third-order valence-corrected chi connectivity index (χ3v) is 3.49. The second-order valence-corrected chi connectivity index (χ2v) is 5.09. The summed E-state index contributed by atoms with van der Waals surface area (Å²) in [5.74, 6) is -2.09. The molecule has 0 radical (unpaired) electrons. The number of piperidine rings is 1. The van der Waals surface area contributed by atoms with Gasteiger partial charge in [0.15, 0.2) is 11.6 Å². The molecule has 0 aliphatic carbocycles. The monoisotopic (exact) mass is 268 g/mol. The van der Waals surface area contributed by atoms with Crippen LogP contribution in [0.2, 0.25) is 0 Å². The number of nitrogens with zero attached hydrogens (tertiary/aromatic N) is 1. The quantitative estimate of drug-likeness (QED) is 0.891. The molecule has 0 aromatic heterocycles. The molecule has 1 aromatic rings. The molecule has 1 saturated heterocycles. The maximum Gasteiger partial charge on any atom is 0.253 e. The van der Waals surface area contributed by atoms with Crippen LogP contribution in [-0.2, 0) is 0 Å². The van der Waals surface area contributed by atoms with E-state index in [2.05, 4.69) is 5.32 Å². The molecule has 0 bridgehead atoms. The third kappa shape index (κ3) is 2.92. The Morgan fingerprint density at radius 2 is 1.89 bits per heavy atom. The van der Waals surface area contributed by atoms with E-state index >= 15 is 0 Å². The zero-order valence-corrected chi connectivity index (χ0v) is 11.2. The van der Waals surface area contributed by atoms with E-state index in [0.29, 0.717) is 5.56 Å². The molecule has 3 nitrogen and oxygen atoms in total. The highest BCUT2D eigenvalue weighted by molar-refractivity contribution is 5.94. The maximum atomic E-state index is 13.9. The summed E-state index contributed by atoms with van der Waals surface area (Å²) in [7, 11) is 3.18. The minimum Gasteiger partial charge on any atom is -0.345 e. The largest absolute Gasteiger partial charge is 0.345 e. The summed E-state index contributed by atoms with van der Waals surface area (Å²) >= 11 is 0. The van der Waals surface area contributed by atoms with Crippen molar-refractivity contribution in [1.82, 2.24) is 10.2 Å². The minimum absolute atomic E-state index is 0.0225. The Balaban J connectivity index is 2.39. The van der Waals surface area contributed by atoms with Crippen molar-refractivity contribution in [2.75, 3.05) is 27.2 Å². The standard InChI is InChI=1S/C14H18F2N2O/c1-18(2)14(19)10-7-11(13(16)12(15)8-10)9-3-5-17-6-4-9/h7-9,17H,3-6H2,1-2H3. The summed E-state index contributed by atoms with van der Waals surface area (Å²) in [6.07, 6.45) is 1.52.